The Morgan fingerprint density at radius 2 is 1.74 bits per heavy atom. The SMILES string of the molecule is CC1(O)CCC2(C)C(CC(CO)C3C4CCCC4(C)CCC32)C1. The first-order chi connectivity index (χ1) is 10.8. The second-order valence-corrected chi connectivity index (χ2v) is 10.5. The van der Waals surface area contributed by atoms with Gasteiger partial charge in [0.2, 0.25) is 0 Å². The second-order valence-electron chi connectivity index (χ2n) is 10.5. The van der Waals surface area contributed by atoms with E-state index >= 15 is 0 Å². The van der Waals surface area contributed by atoms with Crippen LogP contribution in [-0.4, -0.2) is 22.4 Å². The highest BCUT2D eigenvalue weighted by Crippen LogP contribution is 2.68. The molecule has 0 aromatic rings. The molecule has 0 saturated heterocycles. The van der Waals surface area contributed by atoms with E-state index in [1.165, 1.54) is 38.5 Å². The van der Waals surface area contributed by atoms with Crippen LogP contribution in [-0.2, 0) is 0 Å². The number of aliphatic hydroxyl groups is 2. The molecule has 4 aliphatic carbocycles. The van der Waals surface area contributed by atoms with Crippen molar-refractivity contribution in [3.05, 3.63) is 0 Å². The summed E-state index contributed by atoms with van der Waals surface area (Å²) in [6, 6.07) is 0. The van der Waals surface area contributed by atoms with E-state index in [9.17, 15) is 10.2 Å². The molecule has 23 heavy (non-hydrogen) atoms. The van der Waals surface area contributed by atoms with Gasteiger partial charge in [-0.25, -0.2) is 0 Å². The van der Waals surface area contributed by atoms with Crippen molar-refractivity contribution in [2.45, 2.75) is 84.2 Å². The van der Waals surface area contributed by atoms with E-state index < -0.39 is 5.60 Å². The van der Waals surface area contributed by atoms with Crippen molar-refractivity contribution in [2.75, 3.05) is 6.61 Å². The molecule has 0 bridgehead atoms. The highest BCUT2D eigenvalue weighted by atomic mass is 16.3. The van der Waals surface area contributed by atoms with Gasteiger partial charge in [0.05, 0.1) is 5.60 Å². The molecule has 0 amide bonds. The quantitative estimate of drug-likeness (QED) is 0.752. The monoisotopic (exact) mass is 320 g/mol. The van der Waals surface area contributed by atoms with Crippen molar-refractivity contribution >= 4 is 0 Å². The Kier molecular flexibility index (Phi) is 3.71. The summed E-state index contributed by atoms with van der Waals surface area (Å²) in [5.74, 6) is 3.46. The van der Waals surface area contributed by atoms with Gasteiger partial charge in [-0.2, -0.15) is 0 Å². The lowest BCUT2D eigenvalue weighted by molar-refractivity contribution is -0.168. The molecule has 0 aromatic heterocycles. The van der Waals surface area contributed by atoms with Gasteiger partial charge in [-0.15, -0.1) is 0 Å². The minimum Gasteiger partial charge on any atom is -0.396 e. The lowest BCUT2D eigenvalue weighted by atomic mass is 9.42. The highest BCUT2D eigenvalue weighted by molar-refractivity contribution is 5.10. The summed E-state index contributed by atoms with van der Waals surface area (Å²) < 4.78 is 0. The molecule has 0 radical (unpaired) electrons. The Hall–Kier alpha value is -0.0800. The average Bonchev–Trinajstić information content (AvgIpc) is 2.89. The average molecular weight is 321 g/mol. The van der Waals surface area contributed by atoms with E-state index in [1.54, 1.807) is 0 Å². The highest BCUT2D eigenvalue weighted by Gasteiger charge is 2.61. The number of fused-ring (bicyclic) bond motifs is 5. The van der Waals surface area contributed by atoms with E-state index in [0.717, 1.165) is 37.0 Å². The maximum Gasteiger partial charge on any atom is 0.0622 e. The van der Waals surface area contributed by atoms with Gasteiger partial charge in [-0.05, 0) is 98.7 Å². The molecule has 2 N–H and O–H groups in total. The molecule has 4 rings (SSSR count). The zero-order valence-electron chi connectivity index (χ0n) is 15.4. The normalized spacial score (nSPS) is 59.1. The molecule has 4 aliphatic rings. The molecule has 0 heterocycles. The summed E-state index contributed by atoms with van der Waals surface area (Å²) in [6.45, 7) is 7.47. The molecule has 0 spiro atoms. The van der Waals surface area contributed by atoms with Crippen LogP contribution in [0.4, 0.5) is 0 Å². The second kappa shape index (κ2) is 5.21. The summed E-state index contributed by atoms with van der Waals surface area (Å²) in [6.07, 6.45) is 11.2. The maximum atomic E-state index is 10.6. The van der Waals surface area contributed by atoms with Crippen LogP contribution in [0.2, 0.25) is 0 Å². The molecule has 0 aromatic carbocycles. The fourth-order valence-corrected chi connectivity index (χ4v) is 7.78. The van der Waals surface area contributed by atoms with Crippen LogP contribution in [0.25, 0.3) is 0 Å². The maximum absolute atomic E-state index is 10.6. The van der Waals surface area contributed by atoms with Crippen LogP contribution in [0.15, 0.2) is 0 Å². The lowest BCUT2D eigenvalue weighted by Crippen LogP contribution is -2.58. The third kappa shape index (κ3) is 2.34. The largest absolute Gasteiger partial charge is 0.396 e. The molecule has 0 aliphatic heterocycles. The van der Waals surface area contributed by atoms with Gasteiger partial charge < -0.3 is 10.2 Å². The third-order valence-electron chi connectivity index (χ3n) is 9.15. The Balaban J connectivity index is 1.68. The number of hydrogen-bond acceptors (Lipinski definition) is 2. The first-order valence-electron chi connectivity index (χ1n) is 10.1. The van der Waals surface area contributed by atoms with Crippen molar-refractivity contribution in [1.29, 1.82) is 0 Å². The Morgan fingerprint density at radius 1 is 0.957 bits per heavy atom. The number of rotatable bonds is 1. The Labute approximate surface area is 142 Å². The number of aliphatic hydroxyl groups excluding tert-OH is 1. The van der Waals surface area contributed by atoms with Crippen LogP contribution >= 0.6 is 0 Å². The summed E-state index contributed by atoms with van der Waals surface area (Å²) >= 11 is 0. The lowest BCUT2D eigenvalue weighted by Gasteiger charge is -2.63. The molecular weight excluding hydrogens is 284 g/mol. The van der Waals surface area contributed by atoms with Gasteiger partial charge in [0.1, 0.15) is 0 Å². The summed E-state index contributed by atoms with van der Waals surface area (Å²) in [7, 11) is 0. The van der Waals surface area contributed by atoms with Crippen LogP contribution in [0.3, 0.4) is 0 Å². The topological polar surface area (TPSA) is 40.5 Å². The molecule has 4 saturated carbocycles. The number of hydrogen-bond donors (Lipinski definition) is 2. The van der Waals surface area contributed by atoms with E-state index in [4.69, 9.17) is 0 Å². The van der Waals surface area contributed by atoms with Crippen LogP contribution in [0.5, 0.6) is 0 Å². The molecule has 132 valence electrons. The van der Waals surface area contributed by atoms with Crippen LogP contribution in [0.1, 0.15) is 78.6 Å². The van der Waals surface area contributed by atoms with Crippen molar-refractivity contribution in [1.82, 2.24) is 0 Å². The Bertz CT molecular complexity index is 472. The van der Waals surface area contributed by atoms with Gasteiger partial charge in [0, 0.05) is 6.61 Å². The van der Waals surface area contributed by atoms with Gasteiger partial charge in [-0.1, -0.05) is 20.3 Å². The molecule has 4 fully saturated rings. The standard InChI is InChI=1S/C21H36O2/c1-19-7-4-5-16(19)18-14(13-22)11-15-12-20(2,23)9-10-21(15,3)17(18)6-8-19/h14-18,22-23H,4-13H2,1-3H3. The molecule has 2 nitrogen and oxygen atoms in total. The van der Waals surface area contributed by atoms with Gasteiger partial charge in [0.15, 0.2) is 0 Å². The van der Waals surface area contributed by atoms with Crippen molar-refractivity contribution in [3.63, 3.8) is 0 Å². The van der Waals surface area contributed by atoms with E-state index in [0.29, 0.717) is 29.3 Å². The van der Waals surface area contributed by atoms with Gasteiger partial charge >= 0.3 is 0 Å². The van der Waals surface area contributed by atoms with Crippen molar-refractivity contribution in [3.8, 4) is 0 Å². The zero-order valence-corrected chi connectivity index (χ0v) is 15.4. The first-order valence-corrected chi connectivity index (χ1v) is 10.1. The first kappa shape index (κ1) is 16.4. The molecular formula is C21H36O2. The summed E-state index contributed by atoms with van der Waals surface area (Å²) in [4.78, 5) is 0. The van der Waals surface area contributed by atoms with Gasteiger partial charge in [0.25, 0.3) is 0 Å². The predicted octanol–water partition coefficient (Wildman–Crippen LogP) is 4.39. The van der Waals surface area contributed by atoms with E-state index in [2.05, 4.69) is 13.8 Å². The van der Waals surface area contributed by atoms with Crippen LogP contribution < -0.4 is 0 Å². The van der Waals surface area contributed by atoms with E-state index in [-0.39, 0.29) is 0 Å². The zero-order chi connectivity index (χ0) is 16.5. The van der Waals surface area contributed by atoms with E-state index in [1.807, 2.05) is 6.92 Å². The third-order valence-corrected chi connectivity index (χ3v) is 9.15. The van der Waals surface area contributed by atoms with Gasteiger partial charge in [-0.3, -0.25) is 0 Å². The molecule has 8 unspecified atom stereocenters. The smallest absolute Gasteiger partial charge is 0.0622 e. The summed E-state index contributed by atoms with van der Waals surface area (Å²) in [5, 5.41) is 20.8. The Morgan fingerprint density at radius 3 is 2.48 bits per heavy atom. The predicted molar refractivity (Wildman–Crippen MR) is 92.9 cm³/mol. The van der Waals surface area contributed by atoms with Crippen molar-refractivity contribution < 1.29 is 10.2 Å². The fraction of sp³-hybridized carbons (Fsp3) is 1.00. The van der Waals surface area contributed by atoms with Crippen LogP contribution in [0, 0.1) is 40.4 Å². The minimum absolute atomic E-state index is 0.364. The molecule has 8 atom stereocenters. The minimum atomic E-state index is -0.479. The fourth-order valence-electron chi connectivity index (χ4n) is 7.78. The summed E-state index contributed by atoms with van der Waals surface area (Å²) in [5.41, 5.74) is 0.480. The van der Waals surface area contributed by atoms with Crippen molar-refractivity contribution in [2.24, 2.45) is 40.4 Å². The molecule has 2 heteroatoms.